The lowest BCUT2D eigenvalue weighted by Gasteiger charge is -2.54. The molecule has 0 spiro atoms. The summed E-state index contributed by atoms with van der Waals surface area (Å²) in [6.45, 7) is 9.84. The van der Waals surface area contributed by atoms with Crippen LogP contribution in [0.15, 0.2) is 0 Å². The number of carbonyl (C=O) groups is 1. The van der Waals surface area contributed by atoms with Crippen LogP contribution in [0, 0.1) is 0 Å². The highest BCUT2D eigenvalue weighted by molar-refractivity contribution is 7.86. The molecule has 0 aliphatic rings. The fraction of sp³-hybridized carbons (Fsp3) is 0.900. The van der Waals surface area contributed by atoms with E-state index >= 15 is 0 Å². The van der Waals surface area contributed by atoms with Crippen LogP contribution in [-0.2, 0) is 13.3 Å². The van der Waals surface area contributed by atoms with Gasteiger partial charge in [-0.1, -0.05) is 0 Å². The van der Waals surface area contributed by atoms with Crippen LogP contribution < -0.4 is 4.98 Å². The van der Waals surface area contributed by atoms with Crippen LogP contribution in [0.1, 0.15) is 0 Å². The zero-order valence-electron chi connectivity index (χ0n) is 14.1. The van der Waals surface area contributed by atoms with Gasteiger partial charge in [0, 0.05) is 21.3 Å². The van der Waals surface area contributed by atoms with Crippen LogP contribution in [0.25, 0.3) is 0 Å². The van der Waals surface area contributed by atoms with Gasteiger partial charge in [-0.2, -0.15) is 0 Å². The molecule has 0 saturated carbocycles. The lowest BCUT2D eigenvalue weighted by molar-refractivity contribution is 0.200. The van der Waals surface area contributed by atoms with Crippen molar-refractivity contribution in [1.29, 1.82) is 0 Å². The number of carboxylic acid groups (broad SMARTS) is 1. The molecule has 0 aliphatic heterocycles. The maximum Gasteiger partial charge on any atom is 0.396 e. The van der Waals surface area contributed by atoms with Gasteiger partial charge in [0.05, 0.1) is 0 Å². The molecular weight excluding hydrogens is 326 g/mol. The van der Waals surface area contributed by atoms with Crippen molar-refractivity contribution < 1.29 is 23.2 Å². The van der Waals surface area contributed by atoms with E-state index in [1.807, 2.05) is 0 Å². The second-order valence-corrected chi connectivity index (χ2v) is 40.4. The molecule has 0 unspecified atom stereocenters. The second kappa shape index (κ2) is 6.42. The third kappa shape index (κ3) is 3.10. The molecule has 120 valence electrons. The highest BCUT2D eigenvalue weighted by Crippen LogP contribution is 2.35. The van der Waals surface area contributed by atoms with Crippen LogP contribution in [0.5, 0.6) is 0 Å². The number of amides is 1. The van der Waals surface area contributed by atoms with Gasteiger partial charge in [-0.05, 0) is 39.3 Å². The Labute approximate surface area is 125 Å². The quantitative estimate of drug-likeness (QED) is 0.683. The Bertz CT molecular complexity index is 321. The first-order valence-corrected chi connectivity index (χ1v) is 20.2. The van der Waals surface area contributed by atoms with Crippen molar-refractivity contribution in [2.75, 3.05) is 21.3 Å². The van der Waals surface area contributed by atoms with Crippen molar-refractivity contribution in [3.05, 3.63) is 0 Å². The highest BCUT2D eigenvalue weighted by Gasteiger charge is 2.72. The normalized spacial score (nSPS) is 14.2. The molecule has 0 aliphatic carbocycles. The summed E-state index contributed by atoms with van der Waals surface area (Å²) < 4.78 is 17.6. The first kappa shape index (κ1) is 20.0. The standard InChI is InChI=1S/C10H29NO5Si4/c1-14-17(4,5)20(11-10(12)13,18(6,7)15-2)19(8,9)16-3/h11H,1-9H3,(H,12,13). The third-order valence-corrected chi connectivity index (χ3v) is 65.3. The fourth-order valence-corrected chi connectivity index (χ4v) is 73.9. The van der Waals surface area contributed by atoms with Crippen molar-refractivity contribution in [2.45, 2.75) is 39.3 Å². The molecule has 0 heterocycles. The number of nitrogens with one attached hydrogen (secondary N) is 1. The Hall–Kier alpha value is 0.0175. The van der Waals surface area contributed by atoms with Crippen molar-refractivity contribution in [2.24, 2.45) is 0 Å². The number of rotatable bonds is 7. The molecule has 0 aromatic carbocycles. The maximum atomic E-state index is 11.5. The van der Waals surface area contributed by atoms with E-state index < -0.39 is 36.4 Å². The molecule has 2 N–H and O–H groups in total. The van der Waals surface area contributed by atoms with Gasteiger partial charge >= 0.3 is 6.09 Å². The monoisotopic (exact) mass is 355 g/mol. The SMILES string of the molecule is CO[Si](C)(C)[Si](NC(=O)O)([Si](C)(C)OC)[Si](C)(C)OC. The Morgan fingerprint density at radius 3 is 1.20 bits per heavy atom. The molecule has 0 bridgehead atoms. The van der Waals surface area contributed by atoms with Crippen LogP contribution in [0.3, 0.4) is 0 Å². The Morgan fingerprint density at radius 2 is 1.05 bits per heavy atom. The van der Waals surface area contributed by atoms with Crippen LogP contribution in [0.2, 0.25) is 39.3 Å². The van der Waals surface area contributed by atoms with E-state index in [0.717, 1.165) is 0 Å². The first-order chi connectivity index (χ1) is 8.85. The van der Waals surface area contributed by atoms with E-state index in [1.165, 1.54) is 0 Å². The Kier molecular flexibility index (Phi) is 6.42. The number of hydrogen-bond acceptors (Lipinski definition) is 4. The van der Waals surface area contributed by atoms with Gasteiger partial charge in [-0.25, -0.2) is 4.79 Å². The molecule has 20 heavy (non-hydrogen) atoms. The van der Waals surface area contributed by atoms with Gasteiger partial charge < -0.3 is 23.4 Å². The molecule has 0 aromatic rings. The average molecular weight is 356 g/mol. The minimum atomic E-state index is -2.64. The molecule has 0 fully saturated rings. The topological polar surface area (TPSA) is 77.0 Å². The van der Waals surface area contributed by atoms with E-state index in [9.17, 15) is 9.90 Å². The molecule has 0 radical (unpaired) electrons. The fourth-order valence-electron chi connectivity index (χ4n) is 3.25. The minimum Gasteiger partial charge on any atom is -0.466 e. The molecule has 1 amide bonds. The third-order valence-electron chi connectivity index (χ3n) is 4.53. The average Bonchev–Trinajstić information content (AvgIpc) is 2.34. The van der Waals surface area contributed by atoms with Crippen LogP contribution in [0.4, 0.5) is 4.79 Å². The van der Waals surface area contributed by atoms with E-state index in [1.54, 1.807) is 21.3 Å². The lowest BCUT2D eigenvalue weighted by Crippen LogP contribution is -2.93. The van der Waals surface area contributed by atoms with Gasteiger partial charge in [0.1, 0.15) is 0 Å². The van der Waals surface area contributed by atoms with Gasteiger partial charge in [0.15, 0.2) is 23.5 Å². The van der Waals surface area contributed by atoms with E-state index in [4.69, 9.17) is 13.3 Å². The maximum absolute atomic E-state index is 11.5. The van der Waals surface area contributed by atoms with Crippen molar-refractivity contribution >= 4 is 36.4 Å². The molecule has 0 saturated heterocycles. The smallest absolute Gasteiger partial charge is 0.396 e. The molecule has 0 rings (SSSR count). The Morgan fingerprint density at radius 1 is 0.800 bits per heavy atom. The predicted molar refractivity (Wildman–Crippen MR) is 90.4 cm³/mol. The molecule has 6 nitrogen and oxygen atoms in total. The summed E-state index contributed by atoms with van der Waals surface area (Å²) in [5.41, 5.74) is 0. The van der Waals surface area contributed by atoms with E-state index in [0.29, 0.717) is 0 Å². The summed E-state index contributed by atoms with van der Waals surface area (Å²) in [6.07, 6.45) is -0.996. The second-order valence-electron chi connectivity index (χ2n) is 6.32. The molecule has 0 atom stereocenters. The largest absolute Gasteiger partial charge is 0.466 e. The van der Waals surface area contributed by atoms with Gasteiger partial charge in [-0.15, -0.1) is 0 Å². The lowest BCUT2D eigenvalue weighted by atomic mass is 11.3. The summed E-state index contributed by atoms with van der Waals surface area (Å²) in [5.74, 6) is 0. The number of hydrogen-bond donors (Lipinski definition) is 2. The van der Waals surface area contributed by atoms with Crippen molar-refractivity contribution in [1.82, 2.24) is 4.98 Å². The minimum absolute atomic E-state index is 0.996. The first-order valence-electron chi connectivity index (χ1n) is 6.51. The van der Waals surface area contributed by atoms with Gasteiger partial charge in [0.2, 0.25) is 6.79 Å². The molecular formula is C10H29NO5Si4. The summed E-state index contributed by atoms with van der Waals surface area (Å²) in [4.78, 5) is 14.5. The summed E-state index contributed by atoms with van der Waals surface area (Å²) in [6, 6.07) is 0. The predicted octanol–water partition coefficient (Wildman–Crippen LogP) is 1.99. The van der Waals surface area contributed by atoms with Gasteiger partial charge in [0.25, 0.3) is 0 Å². The van der Waals surface area contributed by atoms with Gasteiger partial charge in [-0.3, -0.25) is 0 Å². The Balaban J connectivity index is 6.43. The zero-order chi connectivity index (χ0) is 16.4. The summed E-state index contributed by atoms with van der Waals surface area (Å²) >= 11 is 0. The zero-order valence-corrected chi connectivity index (χ0v) is 18.1. The highest BCUT2D eigenvalue weighted by atomic mass is 29.9. The van der Waals surface area contributed by atoms with Crippen LogP contribution >= 0.6 is 0 Å². The molecule has 0 aromatic heterocycles. The summed E-state index contributed by atoms with van der Waals surface area (Å²) in [7, 11) is -1.90. The molecule has 10 heteroatoms. The van der Waals surface area contributed by atoms with E-state index in [-0.39, 0.29) is 0 Å². The van der Waals surface area contributed by atoms with E-state index in [2.05, 4.69) is 44.3 Å². The van der Waals surface area contributed by atoms with Crippen molar-refractivity contribution in [3.8, 4) is 0 Å². The van der Waals surface area contributed by atoms with Crippen molar-refractivity contribution in [3.63, 3.8) is 0 Å². The van der Waals surface area contributed by atoms with Crippen LogP contribution in [-0.4, -0.2) is 62.8 Å². The summed E-state index contributed by atoms with van der Waals surface area (Å²) in [5, 5.41) is 9.45.